The topological polar surface area (TPSA) is 70.6 Å². The molecule has 0 aliphatic heterocycles. The van der Waals surface area contributed by atoms with E-state index in [1.165, 1.54) is 0 Å². The predicted molar refractivity (Wildman–Crippen MR) is 86.0 cm³/mol. The van der Waals surface area contributed by atoms with Crippen LogP contribution in [0.25, 0.3) is 0 Å². The molecule has 1 aromatic carbocycles. The van der Waals surface area contributed by atoms with E-state index in [-0.39, 0.29) is 18.7 Å². The van der Waals surface area contributed by atoms with Gasteiger partial charge in [-0.25, -0.2) is 4.79 Å². The lowest BCUT2D eigenvalue weighted by molar-refractivity contribution is 0.102. The fraction of sp³-hybridized carbons (Fsp3) is 0.562. The van der Waals surface area contributed by atoms with Crippen LogP contribution in [0.1, 0.15) is 37.4 Å². The van der Waals surface area contributed by atoms with E-state index in [4.69, 9.17) is 16.3 Å². The number of hydrogen-bond donors (Lipinski definition) is 3. The highest BCUT2D eigenvalue weighted by atomic mass is 35.5. The number of rotatable bonds is 6. The fourth-order valence-corrected chi connectivity index (χ4v) is 3.16. The van der Waals surface area contributed by atoms with Crippen molar-refractivity contribution in [2.45, 2.75) is 37.3 Å². The van der Waals surface area contributed by atoms with Crippen molar-refractivity contribution in [2.24, 2.45) is 0 Å². The second-order valence-electron chi connectivity index (χ2n) is 5.73. The van der Waals surface area contributed by atoms with Crippen molar-refractivity contribution in [3.05, 3.63) is 34.9 Å². The van der Waals surface area contributed by atoms with E-state index in [1.807, 2.05) is 18.2 Å². The minimum atomic E-state index is -0.475. The van der Waals surface area contributed by atoms with Crippen LogP contribution in [0.15, 0.2) is 24.3 Å². The molecule has 0 radical (unpaired) electrons. The molecule has 1 aromatic rings. The van der Waals surface area contributed by atoms with Crippen molar-refractivity contribution in [3.8, 4) is 0 Å². The Bertz CT molecular complexity index is 504. The van der Waals surface area contributed by atoms with E-state index in [1.54, 1.807) is 13.2 Å². The molecular formula is C16H23ClN2O3. The lowest BCUT2D eigenvalue weighted by Crippen LogP contribution is -2.53. The molecule has 2 rings (SSSR count). The molecule has 6 heteroatoms. The lowest BCUT2D eigenvalue weighted by atomic mass is 9.99. The molecule has 122 valence electrons. The second-order valence-corrected chi connectivity index (χ2v) is 6.13. The molecule has 0 bridgehead atoms. The van der Waals surface area contributed by atoms with Gasteiger partial charge in [-0.2, -0.15) is 0 Å². The fourth-order valence-electron chi connectivity index (χ4n) is 2.90. The lowest BCUT2D eigenvalue weighted by Gasteiger charge is -2.28. The number of hydrogen-bond acceptors (Lipinski definition) is 3. The molecule has 0 saturated heterocycles. The van der Waals surface area contributed by atoms with Gasteiger partial charge in [0.25, 0.3) is 0 Å². The van der Waals surface area contributed by atoms with E-state index in [0.717, 1.165) is 31.2 Å². The number of ether oxygens (including phenoxy) is 1. The highest BCUT2D eigenvalue weighted by Crippen LogP contribution is 2.29. The largest absolute Gasteiger partial charge is 0.394 e. The number of urea groups is 1. The SMILES string of the molecule is COC(CNC(=O)NC1(CO)CCCC1)c1ccccc1Cl. The van der Waals surface area contributed by atoms with Gasteiger partial charge in [0.2, 0.25) is 0 Å². The molecule has 1 aliphatic rings. The maximum absolute atomic E-state index is 12.1. The number of nitrogens with one attached hydrogen (secondary N) is 2. The first-order valence-corrected chi connectivity index (χ1v) is 7.92. The number of methoxy groups -OCH3 is 1. The monoisotopic (exact) mass is 326 g/mol. The Kier molecular flexibility index (Phi) is 6.06. The Labute approximate surface area is 136 Å². The van der Waals surface area contributed by atoms with Crippen molar-refractivity contribution in [2.75, 3.05) is 20.3 Å². The zero-order valence-corrected chi connectivity index (χ0v) is 13.5. The highest BCUT2D eigenvalue weighted by molar-refractivity contribution is 6.31. The zero-order chi connectivity index (χ0) is 16.0. The number of carbonyl (C=O) groups is 1. The molecule has 1 unspecified atom stereocenters. The van der Waals surface area contributed by atoms with Gasteiger partial charge in [-0.15, -0.1) is 0 Å². The molecule has 1 atom stereocenters. The summed E-state index contributed by atoms with van der Waals surface area (Å²) in [4.78, 5) is 12.1. The Morgan fingerprint density at radius 1 is 1.41 bits per heavy atom. The summed E-state index contributed by atoms with van der Waals surface area (Å²) in [5.74, 6) is 0. The first-order chi connectivity index (χ1) is 10.6. The van der Waals surface area contributed by atoms with E-state index < -0.39 is 5.54 Å². The van der Waals surface area contributed by atoms with Crippen molar-refractivity contribution in [1.29, 1.82) is 0 Å². The molecule has 0 heterocycles. The van der Waals surface area contributed by atoms with Crippen LogP contribution in [-0.4, -0.2) is 36.9 Å². The van der Waals surface area contributed by atoms with Gasteiger partial charge in [-0.05, 0) is 18.9 Å². The molecule has 3 N–H and O–H groups in total. The Morgan fingerprint density at radius 2 is 2.09 bits per heavy atom. The van der Waals surface area contributed by atoms with E-state index in [0.29, 0.717) is 11.6 Å². The van der Waals surface area contributed by atoms with Gasteiger partial charge in [0, 0.05) is 24.2 Å². The van der Waals surface area contributed by atoms with Crippen molar-refractivity contribution < 1.29 is 14.6 Å². The number of aliphatic hydroxyl groups is 1. The molecule has 1 fully saturated rings. The van der Waals surface area contributed by atoms with Gasteiger partial charge >= 0.3 is 6.03 Å². The highest BCUT2D eigenvalue weighted by Gasteiger charge is 2.34. The summed E-state index contributed by atoms with van der Waals surface area (Å²) in [7, 11) is 1.58. The van der Waals surface area contributed by atoms with Crippen LogP contribution in [0, 0.1) is 0 Å². The zero-order valence-electron chi connectivity index (χ0n) is 12.8. The van der Waals surface area contributed by atoms with E-state index in [9.17, 15) is 9.90 Å². The summed E-state index contributed by atoms with van der Waals surface area (Å²) in [5, 5.41) is 15.8. The van der Waals surface area contributed by atoms with Crippen LogP contribution in [0.2, 0.25) is 5.02 Å². The molecule has 1 aliphatic carbocycles. The van der Waals surface area contributed by atoms with Crippen molar-refractivity contribution >= 4 is 17.6 Å². The smallest absolute Gasteiger partial charge is 0.315 e. The van der Waals surface area contributed by atoms with E-state index >= 15 is 0 Å². The molecule has 0 aromatic heterocycles. The van der Waals surface area contributed by atoms with Gasteiger partial charge in [0.05, 0.1) is 12.1 Å². The van der Waals surface area contributed by atoms with Crippen LogP contribution in [-0.2, 0) is 4.74 Å². The van der Waals surface area contributed by atoms with Gasteiger partial charge in [-0.1, -0.05) is 42.6 Å². The minimum absolute atomic E-state index is 0.0291. The van der Waals surface area contributed by atoms with E-state index in [2.05, 4.69) is 10.6 Å². The third kappa shape index (κ3) is 4.12. The molecule has 2 amide bonds. The van der Waals surface area contributed by atoms with Crippen LogP contribution in [0.5, 0.6) is 0 Å². The Morgan fingerprint density at radius 3 is 2.68 bits per heavy atom. The third-order valence-corrected chi connectivity index (χ3v) is 4.57. The first-order valence-electron chi connectivity index (χ1n) is 7.54. The minimum Gasteiger partial charge on any atom is -0.394 e. The standard InChI is InChI=1S/C16H23ClN2O3/c1-22-14(12-6-2-3-7-13(12)17)10-18-15(21)19-16(11-20)8-4-5-9-16/h2-3,6-7,14,20H,4-5,8-11H2,1H3,(H2,18,19,21). The van der Waals surface area contributed by atoms with Gasteiger partial charge in [0.1, 0.15) is 6.10 Å². The average molecular weight is 327 g/mol. The first kappa shape index (κ1) is 17.1. The maximum Gasteiger partial charge on any atom is 0.315 e. The Balaban J connectivity index is 1.90. The number of aliphatic hydroxyl groups excluding tert-OH is 1. The average Bonchev–Trinajstić information content (AvgIpc) is 2.98. The molecule has 22 heavy (non-hydrogen) atoms. The maximum atomic E-state index is 12.1. The van der Waals surface area contributed by atoms with Gasteiger partial charge in [-0.3, -0.25) is 0 Å². The number of halogens is 1. The second kappa shape index (κ2) is 7.81. The van der Waals surface area contributed by atoms with Crippen LogP contribution >= 0.6 is 11.6 Å². The number of benzene rings is 1. The summed E-state index contributed by atoms with van der Waals surface area (Å²) in [6.07, 6.45) is 3.38. The Hall–Kier alpha value is -1.30. The van der Waals surface area contributed by atoms with Gasteiger partial charge in [0.15, 0.2) is 0 Å². The van der Waals surface area contributed by atoms with Crippen LogP contribution in [0.3, 0.4) is 0 Å². The summed E-state index contributed by atoms with van der Waals surface area (Å²) in [6, 6.07) is 7.12. The van der Waals surface area contributed by atoms with Crippen LogP contribution in [0.4, 0.5) is 4.79 Å². The summed E-state index contributed by atoms with van der Waals surface area (Å²) in [6.45, 7) is 0.284. The molecule has 1 saturated carbocycles. The van der Waals surface area contributed by atoms with Crippen LogP contribution < -0.4 is 10.6 Å². The molecule has 0 spiro atoms. The van der Waals surface area contributed by atoms with Crippen molar-refractivity contribution in [1.82, 2.24) is 10.6 Å². The molecular weight excluding hydrogens is 304 g/mol. The third-order valence-electron chi connectivity index (χ3n) is 4.23. The number of amides is 2. The quantitative estimate of drug-likeness (QED) is 0.752. The molecule has 5 nitrogen and oxygen atoms in total. The number of carbonyl (C=O) groups excluding carboxylic acids is 1. The summed E-state index contributed by atoms with van der Waals surface area (Å²) >= 11 is 6.15. The van der Waals surface area contributed by atoms with Crippen molar-refractivity contribution in [3.63, 3.8) is 0 Å². The van der Waals surface area contributed by atoms with Gasteiger partial charge < -0.3 is 20.5 Å². The predicted octanol–water partition coefficient (Wildman–Crippen LogP) is 2.63. The normalized spacial score (nSPS) is 18.0. The summed E-state index contributed by atoms with van der Waals surface area (Å²) in [5.41, 5.74) is 0.363. The summed E-state index contributed by atoms with van der Waals surface area (Å²) < 4.78 is 5.41.